The van der Waals surface area contributed by atoms with Crippen LogP contribution < -0.4 is 15.1 Å². The van der Waals surface area contributed by atoms with Crippen molar-refractivity contribution < 1.29 is 14.0 Å². The Kier molecular flexibility index (Phi) is 8.12. The SMILES string of the molecule is CC(=O)Nc1ccc(/C=C(\C#N)C(=O)Nc2nc(-c3ccccc3)cs2)cc1O[Si](C)(C)C(C)(C)C. The second-order valence-corrected chi connectivity index (χ2v) is 15.4. The van der Waals surface area contributed by atoms with Gasteiger partial charge in [0.05, 0.1) is 11.4 Å². The third kappa shape index (κ3) is 6.68. The highest BCUT2D eigenvalue weighted by Crippen LogP contribution is 2.40. The summed E-state index contributed by atoms with van der Waals surface area (Å²) in [6.45, 7) is 12.0. The number of benzene rings is 2. The molecule has 0 bridgehead atoms. The van der Waals surface area contributed by atoms with Crippen molar-refractivity contribution in [2.75, 3.05) is 10.6 Å². The van der Waals surface area contributed by atoms with Crippen molar-refractivity contribution in [3.63, 3.8) is 0 Å². The molecule has 0 fully saturated rings. The second kappa shape index (κ2) is 10.9. The van der Waals surface area contributed by atoms with Gasteiger partial charge in [0.25, 0.3) is 14.2 Å². The summed E-state index contributed by atoms with van der Waals surface area (Å²) in [5.74, 6) is -0.256. The van der Waals surface area contributed by atoms with E-state index >= 15 is 0 Å². The van der Waals surface area contributed by atoms with Gasteiger partial charge in [-0.2, -0.15) is 5.26 Å². The summed E-state index contributed by atoms with van der Waals surface area (Å²) in [6, 6.07) is 16.8. The van der Waals surface area contributed by atoms with Crippen LogP contribution in [0, 0.1) is 11.3 Å². The smallest absolute Gasteiger partial charge is 0.268 e. The normalized spacial score (nSPS) is 12.0. The molecule has 0 saturated heterocycles. The Bertz CT molecular complexity index is 1340. The highest BCUT2D eigenvalue weighted by Gasteiger charge is 2.39. The van der Waals surface area contributed by atoms with Crippen LogP contribution in [-0.4, -0.2) is 25.1 Å². The number of hydrogen-bond acceptors (Lipinski definition) is 6. The van der Waals surface area contributed by atoms with Crippen LogP contribution in [-0.2, 0) is 9.59 Å². The van der Waals surface area contributed by atoms with E-state index in [0.29, 0.717) is 22.1 Å². The first-order valence-electron chi connectivity index (χ1n) is 11.4. The summed E-state index contributed by atoms with van der Waals surface area (Å²) < 4.78 is 6.46. The van der Waals surface area contributed by atoms with E-state index in [9.17, 15) is 14.9 Å². The fourth-order valence-corrected chi connectivity index (χ4v) is 4.73. The lowest BCUT2D eigenvalue weighted by molar-refractivity contribution is -0.114. The Balaban J connectivity index is 1.87. The largest absolute Gasteiger partial charge is 0.542 e. The van der Waals surface area contributed by atoms with Gasteiger partial charge in [-0.15, -0.1) is 11.3 Å². The van der Waals surface area contributed by atoms with E-state index in [4.69, 9.17) is 4.43 Å². The number of amides is 2. The van der Waals surface area contributed by atoms with E-state index in [-0.39, 0.29) is 16.5 Å². The molecule has 0 radical (unpaired) electrons. The van der Waals surface area contributed by atoms with Crippen molar-refractivity contribution >= 4 is 48.4 Å². The zero-order chi connectivity index (χ0) is 26.5. The molecule has 0 unspecified atom stereocenters. The van der Waals surface area contributed by atoms with Gasteiger partial charge >= 0.3 is 0 Å². The number of thiazole rings is 1. The first-order chi connectivity index (χ1) is 16.9. The number of nitrogens with zero attached hydrogens (tertiary/aromatic N) is 2. The van der Waals surface area contributed by atoms with Crippen molar-refractivity contribution in [3.8, 4) is 23.1 Å². The van der Waals surface area contributed by atoms with Crippen molar-refractivity contribution in [2.24, 2.45) is 0 Å². The number of carbonyl (C=O) groups excluding carboxylic acids is 2. The molecule has 2 aromatic carbocycles. The predicted octanol–water partition coefficient (Wildman–Crippen LogP) is 6.70. The molecule has 3 rings (SSSR count). The van der Waals surface area contributed by atoms with Gasteiger partial charge in [0.2, 0.25) is 5.91 Å². The average Bonchev–Trinajstić information content (AvgIpc) is 3.26. The first-order valence-corrected chi connectivity index (χ1v) is 15.2. The van der Waals surface area contributed by atoms with Gasteiger partial charge in [-0.25, -0.2) is 4.98 Å². The Morgan fingerprint density at radius 3 is 2.42 bits per heavy atom. The average molecular weight is 519 g/mol. The van der Waals surface area contributed by atoms with Crippen LogP contribution in [0.2, 0.25) is 18.1 Å². The first kappa shape index (κ1) is 26.9. The number of rotatable bonds is 7. The molecular weight excluding hydrogens is 488 g/mol. The molecule has 0 atom stereocenters. The van der Waals surface area contributed by atoms with Gasteiger partial charge < -0.3 is 9.74 Å². The number of hydrogen-bond donors (Lipinski definition) is 2. The van der Waals surface area contributed by atoms with Gasteiger partial charge in [0, 0.05) is 17.9 Å². The zero-order valence-corrected chi connectivity index (χ0v) is 23.1. The third-order valence-electron chi connectivity index (χ3n) is 5.96. The fourth-order valence-electron chi connectivity index (χ4n) is 2.99. The molecule has 7 nitrogen and oxygen atoms in total. The summed E-state index contributed by atoms with van der Waals surface area (Å²) in [6.07, 6.45) is 1.50. The molecule has 2 N–H and O–H groups in total. The van der Waals surface area contributed by atoms with E-state index in [1.54, 1.807) is 18.2 Å². The maximum atomic E-state index is 12.8. The number of aromatic nitrogens is 1. The molecular formula is C27H30N4O3SSi. The van der Waals surface area contributed by atoms with Crippen LogP contribution in [0.4, 0.5) is 10.8 Å². The summed E-state index contributed by atoms with van der Waals surface area (Å²) in [5.41, 5.74) is 2.77. The summed E-state index contributed by atoms with van der Waals surface area (Å²) in [5, 5.41) is 17.4. The van der Waals surface area contributed by atoms with Crippen LogP contribution in [0.5, 0.6) is 5.75 Å². The van der Waals surface area contributed by atoms with E-state index in [1.165, 1.54) is 24.3 Å². The molecule has 0 aliphatic heterocycles. The van der Waals surface area contributed by atoms with Gasteiger partial charge in [-0.3, -0.25) is 14.9 Å². The van der Waals surface area contributed by atoms with E-state index in [1.807, 2.05) is 41.8 Å². The molecule has 1 aromatic heterocycles. The highest BCUT2D eigenvalue weighted by molar-refractivity contribution is 7.14. The quantitative estimate of drug-likeness (QED) is 0.206. The topological polar surface area (TPSA) is 104 Å². The van der Waals surface area contributed by atoms with Gasteiger partial charge in [-0.05, 0) is 41.9 Å². The van der Waals surface area contributed by atoms with Crippen molar-refractivity contribution in [3.05, 3.63) is 65.0 Å². The van der Waals surface area contributed by atoms with Crippen LogP contribution >= 0.6 is 11.3 Å². The maximum absolute atomic E-state index is 12.8. The van der Waals surface area contributed by atoms with Gasteiger partial charge in [0.15, 0.2) is 5.13 Å². The Morgan fingerprint density at radius 1 is 1.11 bits per heavy atom. The minimum atomic E-state index is -2.22. The minimum absolute atomic E-state index is 0.0592. The number of anilines is 2. The third-order valence-corrected chi connectivity index (χ3v) is 11.1. The molecule has 0 aliphatic carbocycles. The van der Waals surface area contributed by atoms with E-state index < -0.39 is 14.2 Å². The Hall–Kier alpha value is -3.74. The summed E-state index contributed by atoms with van der Waals surface area (Å²) in [7, 11) is -2.22. The van der Waals surface area contributed by atoms with Crippen LogP contribution in [0.1, 0.15) is 33.3 Å². The van der Waals surface area contributed by atoms with E-state index in [0.717, 1.165) is 11.3 Å². The summed E-state index contributed by atoms with van der Waals surface area (Å²) in [4.78, 5) is 29.0. The molecule has 3 aromatic rings. The molecule has 186 valence electrons. The molecule has 0 saturated carbocycles. The number of nitrogens with one attached hydrogen (secondary N) is 2. The lowest BCUT2D eigenvalue weighted by Crippen LogP contribution is -2.44. The number of carbonyl (C=O) groups is 2. The predicted molar refractivity (Wildman–Crippen MR) is 148 cm³/mol. The monoisotopic (exact) mass is 518 g/mol. The Labute approximate surface area is 217 Å². The minimum Gasteiger partial charge on any atom is -0.542 e. The molecule has 2 amide bonds. The van der Waals surface area contributed by atoms with Crippen LogP contribution in [0.15, 0.2) is 59.5 Å². The maximum Gasteiger partial charge on any atom is 0.268 e. The van der Waals surface area contributed by atoms with Crippen LogP contribution in [0.25, 0.3) is 17.3 Å². The highest BCUT2D eigenvalue weighted by atomic mass is 32.1. The van der Waals surface area contributed by atoms with Crippen molar-refractivity contribution in [2.45, 2.75) is 45.8 Å². The Morgan fingerprint density at radius 2 is 1.81 bits per heavy atom. The second-order valence-electron chi connectivity index (χ2n) is 9.83. The lowest BCUT2D eigenvalue weighted by Gasteiger charge is -2.37. The van der Waals surface area contributed by atoms with Crippen LogP contribution in [0.3, 0.4) is 0 Å². The molecule has 1 heterocycles. The van der Waals surface area contributed by atoms with Gasteiger partial charge in [-0.1, -0.05) is 57.2 Å². The fraction of sp³-hybridized carbons (Fsp3) is 0.259. The molecule has 9 heteroatoms. The lowest BCUT2D eigenvalue weighted by atomic mass is 10.1. The standard InChI is InChI=1S/C27H30N4O3SSi/c1-18(32)29-22-13-12-19(15-24(22)34-36(5,6)27(2,3)4)14-21(16-28)25(33)31-26-30-23(17-35-26)20-10-8-7-9-11-20/h7-15,17H,1-6H3,(H,29,32)(H,30,31,33)/b21-14+. The van der Waals surface area contributed by atoms with Crippen molar-refractivity contribution in [1.29, 1.82) is 5.26 Å². The summed E-state index contributed by atoms with van der Waals surface area (Å²) >= 11 is 1.29. The molecule has 36 heavy (non-hydrogen) atoms. The number of nitriles is 1. The molecule has 0 spiro atoms. The van der Waals surface area contributed by atoms with Gasteiger partial charge in [0.1, 0.15) is 17.4 Å². The van der Waals surface area contributed by atoms with E-state index in [2.05, 4.69) is 49.5 Å². The zero-order valence-electron chi connectivity index (χ0n) is 21.3. The van der Waals surface area contributed by atoms with Crippen molar-refractivity contribution in [1.82, 2.24) is 4.98 Å². The molecule has 0 aliphatic rings.